The summed E-state index contributed by atoms with van der Waals surface area (Å²) in [6.07, 6.45) is -1.57. The summed E-state index contributed by atoms with van der Waals surface area (Å²) in [5.74, 6) is -7.18. The molecule has 20 nitrogen and oxygen atoms in total. The Morgan fingerprint density at radius 2 is 1.38 bits per heavy atom. The lowest BCUT2D eigenvalue weighted by molar-refractivity contribution is -0.143. The van der Waals surface area contributed by atoms with Crippen LogP contribution >= 0.6 is 0 Å². The molecule has 0 aromatic rings. The van der Waals surface area contributed by atoms with Crippen molar-refractivity contribution in [1.29, 1.82) is 0 Å². The van der Waals surface area contributed by atoms with Crippen LogP contribution in [-0.2, 0) is 52.6 Å². The molecule has 0 aromatic heterocycles. The molecule has 0 radical (unpaired) electrons. The van der Waals surface area contributed by atoms with Gasteiger partial charge in [0, 0.05) is 26.0 Å². The molecule has 1 heterocycles. The van der Waals surface area contributed by atoms with Gasteiger partial charge in [-0.2, -0.15) is 0 Å². The highest BCUT2D eigenvalue weighted by Crippen LogP contribution is 2.21. The number of nitrogens with one attached hydrogen (secondary N) is 5. The van der Waals surface area contributed by atoms with Crippen molar-refractivity contribution in [3.05, 3.63) is 0 Å². The summed E-state index contributed by atoms with van der Waals surface area (Å²) < 4.78 is 16.0. The van der Waals surface area contributed by atoms with Gasteiger partial charge in [0.2, 0.25) is 35.4 Å². The van der Waals surface area contributed by atoms with Gasteiger partial charge in [-0.25, -0.2) is 0 Å². The number of nitrogens with zero attached hydrogens (tertiary/aromatic N) is 1. The summed E-state index contributed by atoms with van der Waals surface area (Å²) in [6, 6.07) is -5.17. The molecule has 1 aliphatic heterocycles. The van der Waals surface area contributed by atoms with Crippen LogP contribution in [0.4, 0.5) is 0 Å². The van der Waals surface area contributed by atoms with E-state index in [4.69, 9.17) is 19.3 Å². The van der Waals surface area contributed by atoms with E-state index in [1.807, 2.05) is 26.1 Å². The molecule has 1 aliphatic rings. The molecule has 5 atom stereocenters. The molecule has 0 spiro atoms. The van der Waals surface area contributed by atoms with Gasteiger partial charge in [0.05, 0.1) is 45.7 Å². The summed E-state index contributed by atoms with van der Waals surface area (Å²) in [5, 5.41) is 39.8. The zero-order chi connectivity index (χ0) is 39.9. The quantitative estimate of drug-likeness (QED) is 0.0402. The van der Waals surface area contributed by atoms with Crippen molar-refractivity contribution in [2.75, 3.05) is 59.3 Å². The summed E-state index contributed by atoms with van der Waals surface area (Å²) >= 11 is 0. The predicted octanol–water partition coefficient (Wildman–Crippen LogP) is -2.50. The molecule has 0 aromatic carbocycles. The molecule has 0 saturated carbocycles. The molecule has 53 heavy (non-hydrogen) atoms. The average molecular weight is 761 g/mol. The molecule has 0 bridgehead atoms. The van der Waals surface area contributed by atoms with E-state index in [1.165, 1.54) is 11.8 Å². The number of hydrogen-bond acceptors (Lipinski definition) is 12. The van der Waals surface area contributed by atoms with Gasteiger partial charge >= 0.3 is 11.9 Å². The third-order valence-electron chi connectivity index (χ3n) is 7.80. The number of carboxylic acids is 2. The monoisotopic (exact) mass is 760 g/mol. The van der Waals surface area contributed by atoms with Crippen LogP contribution < -0.4 is 26.6 Å². The first-order valence-corrected chi connectivity index (χ1v) is 17.7. The number of rotatable bonds is 27. The standard InChI is InChI=1S/C33H56N6O14/c1-5-51-13-14-53-16-15-52-12-10-25(41)36-23(17-20(2)3)33(50)39-11-6-7-24(39)31(48)37-22(8-9-27(43)44)30(47)38-29(21(4)40)32(49)35-18-26(42)34-19-28(45)46/h20-24,29,40H,5-19H2,1-4H3,(H,34,42)(H,35,49)(H,36,41)(H,37,48)(H,38,47)(H,43,44)(H,45,46)/t21-,22+,23+,24-,29+/m1/s1. The first kappa shape index (κ1) is 46.6. The van der Waals surface area contributed by atoms with E-state index in [2.05, 4.69) is 21.3 Å². The first-order chi connectivity index (χ1) is 25.1. The first-order valence-electron chi connectivity index (χ1n) is 17.7. The Morgan fingerprint density at radius 1 is 0.736 bits per heavy atom. The minimum Gasteiger partial charge on any atom is -0.481 e. The fourth-order valence-corrected chi connectivity index (χ4v) is 5.19. The van der Waals surface area contributed by atoms with Gasteiger partial charge in [0.15, 0.2) is 0 Å². The molecule has 20 heteroatoms. The van der Waals surface area contributed by atoms with Crippen molar-refractivity contribution in [2.24, 2.45) is 5.92 Å². The smallest absolute Gasteiger partial charge is 0.322 e. The lowest BCUT2D eigenvalue weighted by Crippen LogP contribution is -2.60. The zero-order valence-electron chi connectivity index (χ0n) is 30.9. The highest BCUT2D eigenvalue weighted by Gasteiger charge is 2.39. The lowest BCUT2D eigenvalue weighted by Gasteiger charge is -2.31. The van der Waals surface area contributed by atoms with Gasteiger partial charge < -0.3 is 61.0 Å². The molecule has 1 saturated heterocycles. The Kier molecular flexibility index (Phi) is 22.5. The Balaban J connectivity index is 2.92. The number of amides is 6. The number of carbonyl (C=O) groups excluding carboxylic acids is 6. The largest absolute Gasteiger partial charge is 0.481 e. The summed E-state index contributed by atoms with van der Waals surface area (Å²) in [4.78, 5) is 101. The summed E-state index contributed by atoms with van der Waals surface area (Å²) in [6.45, 7) is 7.79. The molecule has 0 aliphatic carbocycles. The maximum Gasteiger partial charge on any atom is 0.322 e. The second-order valence-corrected chi connectivity index (χ2v) is 12.7. The number of likely N-dealkylation sites (tertiary alicyclic amines) is 1. The third kappa shape index (κ3) is 19.3. The van der Waals surface area contributed by atoms with Gasteiger partial charge in [0.1, 0.15) is 30.7 Å². The van der Waals surface area contributed by atoms with Crippen LogP contribution in [0.1, 0.15) is 66.2 Å². The topological polar surface area (TPSA) is 288 Å². The van der Waals surface area contributed by atoms with Crippen LogP contribution in [0.25, 0.3) is 0 Å². The molecular weight excluding hydrogens is 704 g/mol. The number of aliphatic hydroxyl groups excluding tert-OH is 1. The highest BCUT2D eigenvalue weighted by atomic mass is 16.5. The molecule has 1 fully saturated rings. The van der Waals surface area contributed by atoms with Crippen molar-refractivity contribution in [2.45, 2.75) is 96.5 Å². The Labute approximate surface area is 308 Å². The van der Waals surface area contributed by atoms with E-state index in [1.54, 1.807) is 0 Å². The summed E-state index contributed by atoms with van der Waals surface area (Å²) in [5.41, 5.74) is 0. The molecule has 8 N–H and O–H groups in total. The van der Waals surface area contributed by atoms with Gasteiger partial charge in [0.25, 0.3) is 0 Å². The zero-order valence-corrected chi connectivity index (χ0v) is 30.9. The Morgan fingerprint density at radius 3 is 1.96 bits per heavy atom. The van der Waals surface area contributed by atoms with Crippen LogP contribution in [0.15, 0.2) is 0 Å². The van der Waals surface area contributed by atoms with Gasteiger partial charge in [-0.15, -0.1) is 0 Å². The lowest BCUT2D eigenvalue weighted by atomic mass is 10.0. The van der Waals surface area contributed by atoms with Crippen molar-refractivity contribution in [1.82, 2.24) is 31.5 Å². The SMILES string of the molecule is CCOCCOCCOCCC(=O)N[C@@H](CC(C)C)C(=O)N1CCC[C@@H]1C(=O)N[C@@H](CCC(=O)O)C(=O)N[C@H](C(=O)NCC(=O)NCC(=O)O)[C@@H](C)O. The van der Waals surface area contributed by atoms with Crippen LogP contribution in [0.3, 0.4) is 0 Å². The maximum atomic E-state index is 13.8. The number of aliphatic carboxylic acids is 2. The van der Waals surface area contributed by atoms with Crippen molar-refractivity contribution < 1.29 is 67.9 Å². The normalized spacial score (nSPS) is 16.2. The molecule has 6 amide bonds. The second kappa shape index (κ2) is 25.6. The number of ether oxygens (including phenoxy) is 3. The number of carbonyl (C=O) groups is 8. The van der Waals surface area contributed by atoms with Gasteiger partial charge in [-0.3, -0.25) is 38.4 Å². The molecule has 0 unspecified atom stereocenters. The van der Waals surface area contributed by atoms with Crippen LogP contribution in [0, 0.1) is 5.92 Å². The van der Waals surface area contributed by atoms with Crippen molar-refractivity contribution >= 4 is 47.4 Å². The fourth-order valence-electron chi connectivity index (χ4n) is 5.19. The molecular formula is C33H56N6O14. The average Bonchev–Trinajstić information content (AvgIpc) is 3.58. The Hall–Kier alpha value is -4.40. The predicted molar refractivity (Wildman–Crippen MR) is 185 cm³/mol. The fraction of sp³-hybridized carbons (Fsp3) is 0.758. The van der Waals surface area contributed by atoms with Crippen molar-refractivity contribution in [3.8, 4) is 0 Å². The van der Waals surface area contributed by atoms with E-state index >= 15 is 0 Å². The van der Waals surface area contributed by atoms with E-state index in [0.717, 1.165) is 0 Å². The molecule has 1 rings (SSSR count). The van der Waals surface area contributed by atoms with Crippen LogP contribution in [0.5, 0.6) is 0 Å². The Bertz CT molecular complexity index is 1230. The van der Waals surface area contributed by atoms with E-state index < -0.39 is 104 Å². The van der Waals surface area contributed by atoms with Gasteiger partial charge in [-0.1, -0.05) is 13.8 Å². The van der Waals surface area contributed by atoms with Gasteiger partial charge in [-0.05, 0) is 45.4 Å². The van der Waals surface area contributed by atoms with E-state index in [0.29, 0.717) is 32.8 Å². The summed E-state index contributed by atoms with van der Waals surface area (Å²) in [7, 11) is 0. The van der Waals surface area contributed by atoms with E-state index in [-0.39, 0.29) is 44.9 Å². The second-order valence-electron chi connectivity index (χ2n) is 12.7. The minimum atomic E-state index is -1.65. The number of hydrogen-bond donors (Lipinski definition) is 8. The van der Waals surface area contributed by atoms with E-state index in [9.17, 15) is 48.6 Å². The number of carboxylic acid groups (broad SMARTS) is 2. The van der Waals surface area contributed by atoms with Crippen LogP contribution in [0.2, 0.25) is 0 Å². The van der Waals surface area contributed by atoms with Crippen LogP contribution in [-0.4, -0.2) is 157 Å². The number of aliphatic hydroxyl groups is 1. The maximum absolute atomic E-state index is 13.8. The highest BCUT2D eigenvalue weighted by molar-refractivity contribution is 5.96. The van der Waals surface area contributed by atoms with Crippen molar-refractivity contribution in [3.63, 3.8) is 0 Å². The molecule has 302 valence electrons. The minimum absolute atomic E-state index is 0.00787. The third-order valence-corrected chi connectivity index (χ3v) is 7.80.